The summed E-state index contributed by atoms with van der Waals surface area (Å²) in [5.74, 6) is -0.496. The predicted octanol–water partition coefficient (Wildman–Crippen LogP) is 2.91. The molecular weight excluding hydrogens is 322 g/mol. The number of halogens is 2. The van der Waals surface area contributed by atoms with Crippen LogP contribution in [0.2, 0.25) is 0 Å². The molecule has 1 saturated carbocycles. The summed E-state index contributed by atoms with van der Waals surface area (Å²) in [7, 11) is 0. The first-order valence-corrected chi connectivity index (χ1v) is 7.50. The third kappa shape index (κ3) is 2.91. The van der Waals surface area contributed by atoms with Crippen molar-refractivity contribution in [3.63, 3.8) is 0 Å². The van der Waals surface area contributed by atoms with E-state index in [0.29, 0.717) is 18.4 Å². The zero-order valence-corrected chi connectivity index (χ0v) is 12.9. The van der Waals surface area contributed by atoms with Gasteiger partial charge in [0.2, 0.25) is 5.91 Å². The van der Waals surface area contributed by atoms with E-state index < -0.39 is 11.7 Å². The Kier molecular flexibility index (Phi) is 3.90. The molecular formula is C16H16F2N2O4. The van der Waals surface area contributed by atoms with Gasteiger partial charge in [-0.25, -0.2) is 0 Å². The number of allylic oxidation sites excluding steroid dienone is 1. The van der Waals surface area contributed by atoms with E-state index in [9.17, 15) is 13.6 Å². The third-order valence-electron chi connectivity index (χ3n) is 4.00. The molecule has 1 aliphatic carbocycles. The molecule has 0 atom stereocenters. The number of amides is 1. The van der Waals surface area contributed by atoms with Crippen molar-refractivity contribution in [1.82, 2.24) is 5.32 Å². The van der Waals surface area contributed by atoms with E-state index in [2.05, 4.69) is 19.9 Å². The average molecular weight is 338 g/mol. The van der Waals surface area contributed by atoms with Gasteiger partial charge in [0.1, 0.15) is 0 Å². The van der Waals surface area contributed by atoms with Crippen molar-refractivity contribution in [2.75, 3.05) is 0 Å². The second kappa shape index (κ2) is 5.77. The molecule has 0 saturated heterocycles. The normalized spacial score (nSPS) is 20.2. The fraction of sp³-hybridized carbons (Fsp3) is 0.375. The van der Waals surface area contributed by atoms with Crippen LogP contribution in [0.4, 0.5) is 8.78 Å². The summed E-state index contributed by atoms with van der Waals surface area (Å²) in [6, 6.07) is 4.31. The van der Waals surface area contributed by atoms with Gasteiger partial charge in [0.05, 0.1) is 5.41 Å². The van der Waals surface area contributed by atoms with Gasteiger partial charge in [0.15, 0.2) is 17.3 Å². The Balaban J connectivity index is 1.80. The van der Waals surface area contributed by atoms with E-state index in [1.165, 1.54) is 18.2 Å². The van der Waals surface area contributed by atoms with Crippen LogP contribution in [0.5, 0.6) is 11.5 Å². The highest BCUT2D eigenvalue weighted by molar-refractivity contribution is 6.08. The molecule has 1 aromatic rings. The van der Waals surface area contributed by atoms with Gasteiger partial charge in [-0.05, 0) is 43.0 Å². The number of carbonyl (C=O) groups is 1. The van der Waals surface area contributed by atoms with Crippen LogP contribution in [-0.2, 0) is 10.2 Å². The van der Waals surface area contributed by atoms with Crippen LogP contribution in [0, 0.1) is 0 Å². The molecule has 0 radical (unpaired) electrons. The minimum Gasteiger partial charge on any atom is -0.409 e. The van der Waals surface area contributed by atoms with Crippen molar-refractivity contribution in [3.8, 4) is 11.5 Å². The number of carbonyl (C=O) groups excluding carboxylic acids is 1. The number of alkyl halides is 2. The van der Waals surface area contributed by atoms with Crippen LogP contribution >= 0.6 is 0 Å². The minimum absolute atomic E-state index is 0.0281. The number of hydrogen-bond acceptors (Lipinski definition) is 5. The maximum absolute atomic E-state index is 13.1. The highest BCUT2D eigenvalue weighted by Gasteiger charge is 2.53. The topological polar surface area (TPSA) is 80.2 Å². The van der Waals surface area contributed by atoms with Crippen molar-refractivity contribution in [2.24, 2.45) is 5.16 Å². The average Bonchev–Trinajstić information content (AvgIpc) is 3.28. The second-order valence-electron chi connectivity index (χ2n) is 5.66. The molecule has 1 aromatic carbocycles. The molecule has 0 bridgehead atoms. The number of nitrogens with one attached hydrogen (secondary N) is 1. The van der Waals surface area contributed by atoms with E-state index in [1.54, 1.807) is 12.1 Å². The first kappa shape index (κ1) is 16.2. The number of benzene rings is 1. The van der Waals surface area contributed by atoms with Crippen molar-refractivity contribution in [1.29, 1.82) is 0 Å². The monoisotopic (exact) mass is 338 g/mol. The second-order valence-corrected chi connectivity index (χ2v) is 5.66. The van der Waals surface area contributed by atoms with E-state index in [-0.39, 0.29) is 23.2 Å². The molecule has 1 amide bonds. The van der Waals surface area contributed by atoms with Crippen LogP contribution < -0.4 is 14.8 Å². The molecule has 1 heterocycles. The molecule has 0 unspecified atom stereocenters. The lowest BCUT2D eigenvalue weighted by atomic mass is 9.94. The highest BCUT2D eigenvalue weighted by atomic mass is 19.3. The Labute approximate surface area is 136 Å². The standard InChI is InChI=1S/C16H16F2N2O4/c1-2-3-4-13(20-22)19-14(21)15(7-8-15)10-5-6-11-12(9-10)24-16(17,18)23-11/h3-6,9,22H,2,7-8H2,1H3,(H,19,20,21)/b4-3-. The van der Waals surface area contributed by atoms with Crippen molar-refractivity contribution < 1.29 is 28.3 Å². The number of ether oxygens (including phenoxy) is 2. The zero-order valence-electron chi connectivity index (χ0n) is 12.9. The Morgan fingerprint density at radius 1 is 1.38 bits per heavy atom. The first-order valence-electron chi connectivity index (χ1n) is 7.50. The molecule has 3 rings (SSSR count). The summed E-state index contributed by atoms with van der Waals surface area (Å²) >= 11 is 0. The van der Waals surface area contributed by atoms with Gasteiger partial charge >= 0.3 is 6.29 Å². The van der Waals surface area contributed by atoms with Gasteiger partial charge < -0.3 is 20.0 Å². The van der Waals surface area contributed by atoms with Crippen LogP contribution in [-0.4, -0.2) is 23.2 Å². The number of rotatable bonds is 4. The lowest BCUT2D eigenvalue weighted by molar-refractivity contribution is -0.286. The van der Waals surface area contributed by atoms with E-state index in [1.807, 2.05) is 6.92 Å². The highest BCUT2D eigenvalue weighted by Crippen LogP contribution is 2.51. The lowest BCUT2D eigenvalue weighted by Crippen LogP contribution is -2.38. The Morgan fingerprint density at radius 2 is 2.08 bits per heavy atom. The first-order chi connectivity index (χ1) is 11.4. The summed E-state index contributed by atoms with van der Waals surface area (Å²) in [4.78, 5) is 12.5. The summed E-state index contributed by atoms with van der Waals surface area (Å²) in [5.41, 5.74) is -0.288. The Morgan fingerprint density at radius 3 is 2.71 bits per heavy atom. The van der Waals surface area contributed by atoms with Gasteiger partial charge in [0.25, 0.3) is 0 Å². The van der Waals surface area contributed by atoms with Gasteiger partial charge in [-0.2, -0.15) is 0 Å². The Bertz CT molecular complexity index is 727. The number of hydrogen-bond donors (Lipinski definition) is 2. The zero-order chi connectivity index (χ0) is 17.4. The maximum atomic E-state index is 13.1. The smallest absolute Gasteiger partial charge is 0.409 e. The fourth-order valence-corrected chi connectivity index (χ4v) is 2.58. The molecule has 24 heavy (non-hydrogen) atoms. The molecule has 8 heteroatoms. The quantitative estimate of drug-likeness (QED) is 0.383. The third-order valence-corrected chi connectivity index (χ3v) is 4.00. The number of oxime groups is 1. The molecule has 2 aliphatic rings. The fourth-order valence-electron chi connectivity index (χ4n) is 2.58. The SMILES string of the molecule is CC/C=C\C(=NO)NC(=O)C1(c2ccc3c(c2)OC(F)(F)O3)CC1. The van der Waals surface area contributed by atoms with Crippen LogP contribution in [0.1, 0.15) is 31.7 Å². The van der Waals surface area contributed by atoms with Crippen LogP contribution in [0.15, 0.2) is 35.5 Å². The lowest BCUT2D eigenvalue weighted by Gasteiger charge is -2.15. The van der Waals surface area contributed by atoms with Crippen LogP contribution in [0.3, 0.4) is 0 Å². The van der Waals surface area contributed by atoms with E-state index in [0.717, 1.165) is 6.42 Å². The van der Waals surface area contributed by atoms with Crippen LogP contribution in [0.25, 0.3) is 0 Å². The summed E-state index contributed by atoms with van der Waals surface area (Å²) in [5, 5.41) is 14.5. The molecule has 1 aliphatic heterocycles. The van der Waals surface area contributed by atoms with Crippen molar-refractivity contribution in [3.05, 3.63) is 35.9 Å². The van der Waals surface area contributed by atoms with Gasteiger partial charge in [-0.1, -0.05) is 24.2 Å². The largest absolute Gasteiger partial charge is 0.586 e. The molecule has 6 nitrogen and oxygen atoms in total. The van der Waals surface area contributed by atoms with Gasteiger partial charge in [-0.15, -0.1) is 8.78 Å². The predicted molar refractivity (Wildman–Crippen MR) is 80.4 cm³/mol. The molecule has 0 spiro atoms. The molecule has 128 valence electrons. The summed E-state index contributed by atoms with van der Waals surface area (Å²) in [6.45, 7) is 1.90. The van der Waals surface area contributed by atoms with Gasteiger partial charge in [-0.3, -0.25) is 4.79 Å². The van der Waals surface area contributed by atoms with Crippen molar-refractivity contribution in [2.45, 2.75) is 37.9 Å². The molecule has 2 N–H and O–H groups in total. The molecule has 1 fully saturated rings. The summed E-state index contributed by atoms with van der Waals surface area (Å²) < 4.78 is 35.0. The summed E-state index contributed by atoms with van der Waals surface area (Å²) in [6.07, 6.45) is 1.37. The number of amidine groups is 1. The number of fused-ring (bicyclic) bond motifs is 1. The van der Waals surface area contributed by atoms with E-state index in [4.69, 9.17) is 5.21 Å². The van der Waals surface area contributed by atoms with E-state index >= 15 is 0 Å². The van der Waals surface area contributed by atoms with Gasteiger partial charge in [0, 0.05) is 0 Å². The van der Waals surface area contributed by atoms with Crippen molar-refractivity contribution >= 4 is 11.7 Å². The molecule has 0 aromatic heterocycles. The maximum Gasteiger partial charge on any atom is 0.586 e. The Hall–Kier alpha value is -2.64. The number of nitrogens with zero attached hydrogens (tertiary/aromatic N) is 1. The minimum atomic E-state index is -3.69.